The van der Waals surface area contributed by atoms with Gasteiger partial charge in [0.1, 0.15) is 11.4 Å². The molecule has 2 aliphatic heterocycles. The van der Waals surface area contributed by atoms with Gasteiger partial charge in [-0.2, -0.15) is 0 Å². The Morgan fingerprint density at radius 1 is 1.18 bits per heavy atom. The molecule has 2 bridgehead atoms. The first kappa shape index (κ1) is 17.1. The summed E-state index contributed by atoms with van der Waals surface area (Å²) >= 11 is 0. The number of nitrogens with one attached hydrogen (secondary N) is 1. The number of fused-ring (bicyclic) bond motifs is 2. The van der Waals surface area contributed by atoms with Crippen LogP contribution < -0.4 is 10.2 Å². The minimum Gasteiger partial charge on any atom is -0.507 e. The van der Waals surface area contributed by atoms with Gasteiger partial charge < -0.3 is 19.9 Å². The highest BCUT2D eigenvalue weighted by Gasteiger charge is 2.35. The molecular formula is C20H23N7O. The molecular weight excluding hydrogens is 354 g/mol. The van der Waals surface area contributed by atoms with E-state index in [1.807, 2.05) is 29.9 Å². The number of hydrogen-bond acceptors (Lipinski definition) is 7. The quantitative estimate of drug-likeness (QED) is 0.720. The average molecular weight is 377 g/mol. The number of rotatable bonds is 4. The first-order chi connectivity index (χ1) is 13.7. The summed E-state index contributed by atoms with van der Waals surface area (Å²) in [4.78, 5) is 10.7. The Hall–Kier alpha value is -3.00. The summed E-state index contributed by atoms with van der Waals surface area (Å²) in [6.07, 6.45) is 11.7. The first-order valence-corrected chi connectivity index (χ1v) is 9.67. The molecule has 4 heterocycles. The number of aromatic hydroxyl groups is 1. The molecule has 2 N–H and O–H groups in total. The summed E-state index contributed by atoms with van der Waals surface area (Å²) in [5, 5.41) is 22.8. The van der Waals surface area contributed by atoms with Gasteiger partial charge in [-0.05, 0) is 37.8 Å². The Kier molecular flexibility index (Phi) is 4.20. The Labute approximate surface area is 163 Å². The molecule has 28 heavy (non-hydrogen) atoms. The summed E-state index contributed by atoms with van der Waals surface area (Å²) in [6.45, 7) is 0. The fourth-order valence-corrected chi connectivity index (χ4v) is 4.37. The van der Waals surface area contributed by atoms with Crippen LogP contribution in [0.5, 0.6) is 5.75 Å². The highest BCUT2D eigenvalue weighted by Crippen LogP contribution is 2.32. The molecule has 2 aliphatic rings. The van der Waals surface area contributed by atoms with Crippen molar-refractivity contribution in [2.45, 2.75) is 43.8 Å². The second-order valence-electron chi connectivity index (χ2n) is 7.69. The minimum absolute atomic E-state index is 0.137. The van der Waals surface area contributed by atoms with Crippen LogP contribution in [-0.2, 0) is 0 Å². The molecule has 0 radical (unpaired) electrons. The maximum Gasteiger partial charge on any atom is 0.245 e. The Morgan fingerprint density at radius 3 is 2.64 bits per heavy atom. The van der Waals surface area contributed by atoms with E-state index in [-0.39, 0.29) is 5.75 Å². The molecule has 144 valence electrons. The molecule has 0 saturated carbocycles. The molecule has 1 aromatic carbocycles. The van der Waals surface area contributed by atoms with E-state index in [2.05, 4.69) is 30.4 Å². The fraction of sp³-hybridized carbons (Fsp3) is 0.400. The van der Waals surface area contributed by atoms with Crippen LogP contribution in [0, 0.1) is 0 Å². The minimum atomic E-state index is 0.137. The third kappa shape index (κ3) is 3.09. The van der Waals surface area contributed by atoms with E-state index in [9.17, 15) is 5.11 Å². The lowest BCUT2D eigenvalue weighted by molar-refractivity contribution is 0.352. The van der Waals surface area contributed by atoms with Crippen molar-refractivity contribution in [1.29, 1.82) is 0 Å². The van der Waals surface area contributed by atoms with E-state index in [0.717, 1.165) is 18.5 Å². The molecule has 2 atom stereocenters. The maximum absolute atomic E-state index is 10.4. The van der Waals surface area contributed by atoms with Crippen LogP contribution in [0.2, 0.25) is 0 Å². The van der Waals surface area contributed by atoms with Crippen molar-refractivity contribution in [2.75, 3.05) is 11.9 Å². The van der Waals surface area contributed by atoms with Gasteiger partial charge in [0.05, 0.1) is 18.2 Å². The third-order valence-electron chi connectivity index (χ3n) is 5.92. The Balaban J connectivity index is 1.35. The maximum atomic E-state index is 10.4. The summed E-state index contributed by atoms with van der Waals surface area (Å²) < 4.78 is 1.83. The van der Waals surface area contributed by atoms with Gasteiger partial charge in [0, 0.05) is 49.2 Å². The van der Waals surface area contributed by atoms with Crippen LogP contribution in [0.1, 0.15) is 25.7 Å². The zero-order valence-electron chi connectivity index (χ0n) is 15.7. The largest absolute Gasteiger partial charge is 0.507 e. The molecule has 5 rings (SSSR count). The van der Waals surface area contributed by atoms with Crippen LogP contribution in [0.25, 0.3) is 16.9 Å². The SMILES string of the molecule is CN(c1ncc(-c2ccc(-n3ccnc3)cc2O)nn1)C1CC2CCC(C1)N2. The van der Waals surface area contributed by atoms with Crippen LogP contribution >= 0.6 is 0 Å². The van der Waals surface area contributed by atoms with E-state index in [1.165, 1.54) is 12.8 Å². The van der Waals surface area contributed by atoms with E-state index in [4.69, 9.17) is 0 Å². The van der Waals surface area contributed by atoms with Gasteiger partial charge in [0.2, 0.25) is 5.95 Å². The molecule has 8 heteroatoms. The average Bonchev–Trinajstić information content (AvgIpc) is 3.37. The molecule has 2 aromatic heterocycles. The van der Waals surface area contributed by atoms with Crippen LogP contribution in [0.15, 0.2) is 43.1 Å². The van der Waals surface area contributed by atoms with Gasteiger partial charge in [0.25, 0.3) is 0 Å². The number of benzene rings is 1. The van der Waals surface area contributed by atoms with Crippen LogP contribution in [0.3, 0.4) is 0 Å². The topological polar surface area (TPSA) is 92.0 Å². The van der Waals surface area contributed by atoms with Crippen LogP contribution in [-0.4, -0.2) is 55.0 Å². The first-order valence-electron chi connectivity index (χ1n) is 9.67. The van der Waals surface area contributed by atoms with E-state index >= 15 is 0 Å². The fourth-order valence-electron chi connectivity index (χ4n) is 4.37. The summed E-state index contributed by atoms with van der Waals surface area (Å²) in [6, 6.07) is 7.08. The zero-order valence-corrected chi connectivity index (χ0v) is 15.7. The van der Waals surface area contributed by atoms with E-state index < -0.39 is 0 Å². The molecule has 8 nitrogen and oxygen atoms in total. The standard InChI is InChI=1S/C20H23N7O/c1-26(16-8-13-2-3-14(9-16)23-13)20-22-11-18(24-25-20)17-5-4-15(10-19(17)28)27-7-6-21-12-27/h4-7,10-14,16,23,28H,2-3,8-9H2,1H3. The Bertz CT molecular complexity index is 945. The second kappa shape index (κ2) is 6.87. The molecule has 2 unspecified atom stereocenters. The zero-order chi connectivity index (χ0) is 19.1. The highest BCUT2D eigenvalue weighted by atomic mass is 16.3. The van der Waals surface area contributed by atoms with Gasteiger partial charge >= 0.3 is 0 Å². The van der Waals surface area contributed by atoms with Crippen molar-refractivity contribution in [3.05, 3.63) is 43.1 Å². The smallest absolute Gasteiger partial charge is 0.245 e. The van der Waals surface area contributed by atoms with E-state index in [0.29, 0.717) is 35.3 Å². The summed E-state index contributed by atoms with van der Waals surface area (Å²) in [7, 11) is 2.05. The molecule has 2 fully saturated rings. The van der Waals surface area contributed by atoms with Gasteiger partial charge in [-0.3, -0.25) is 0 Å². The number of phenols is 1. The normalized spacial score (nSPS) is 23.7. The third-order valence-corrected chi connectivity index (χ3v) is 5.92. The second-order valence-corrected chi connectivity index (χ2v) is 7.69. The lowest BCUT2D eigenvalue weighted by Gasteiger charge is -2.35. The van der Waals surface area contributed by atoms with Crippen molar-refractivity contribution >= 4 is 5.95 Å². The predicted octanol–water partition coefficient (Wildman–Crippen LogP) is 2.15. The van der Waals surface area contributed by atoms with Gasteiger partial charge in [0.15, 0.2) is 0 Å². The van der Waals surface area contributed by atoms with Crippen molar-refractivity contribution in [3.63, 3.8) is 0 Å². The molecule has 0 amide bonds. The lowest BCUT2D eigenvalue weighted by Crippen LogP contribution is -2.47. The predicted molar refractivity (Wildman–Crippen MR) is 105 cm³/mol. The molecule has 2 saturated heterocycles. The number of aromatic nitrogens is 5. The van der Waals surface area contributed by atoms with Crippen LogP contribution in [0.4, 0.5) is 5.95 Å². The number of piperidine rings is 1. The van der Waals surface area contributed by atoms with Crippen molar-refractivity contribution in [3.8, 4) is 22.7 Å². The van der Waals surface area contributed by atoms with Gasteiger partial charge in [-0.15, -0.1) is 10.2 Å². The Morgan fingerprint density at radius 2 is 2.00 bits per heavy atom. The molecule has 0 spiro atoms. The van der Waals surface area contributed by atoms with Gasteiger partial charge in [-0.25, -0.2) is 9.97 Å². The lowest BCUT2D eigenvalue weighted by atomic mass is 9.99. The summed E-state index contributed by atoms with van der Waals surface area (Å²) in [5.74, 6) is 0.767. The number of nitrogens with zero attached hydrogens (tertiary/aromatic N) is 6. The molecule has 0 aliphatic carbocycles. The summed E-state index contributed by atoms with van der Waals surface area (Å²) in [5.41, 5.74) is 1.99. The number of hydrogen-bond donors (Lipinski definition) is 2. The van der Waals surface area contributed by atoms with Crippen molar-refractivity contribution < 1.29 is 5.11 Å². The number of anilines is 1. The monoisotopic (exact) mass is 377 g/mol. The van der Waals surface area contributed by atoms with Gasteiger partial charge in [-0.1, -0.05) is 0 Å². The van der Waals surface area contributed by atoms with Crippen molar-refractivity contribution in [1.82, 2.24) is 30.0 Å². The highest BCUT2D eigenvalue weighted by molar-refractivity contribution is 5.68. The number of imidazole rings is 1. The van der Waals surface area contributed by atoms with Crippen molar-refractivity contribution in [2.24, 2.45) is 0 Å². The molecule has 3 aromatic rings. The number of phenolic OH excluding ortho intramolecular Hbond substituents is 1. The van der Waals surface area contributed by atoms with E-state index in [1.54, 1.807) is 24.8 Å².